The van der Waals surface area contributed by atoms with Gasteiger partial charge in [0, 0.05) is 18.2 Å². The standard InChI is InChI=1S/C18H17FN2O3/c1-11-18(23)21(10-13-5-3-4-6-15(13)19)16-9-14(20-12(2)22)7-8-17(16)24-11/h3-9,11H,10H2,1-2H3,(H,20,22). The molecule has 0 fully saturated rings. The minimum atomic E-state index is -0.657. The molecule has 0 radical (unpaired) electrons. The number of hydrogen-bond donors (Lipinski definition) is 1. The summed E-state index contributed by atoms with van der Waals surface area (Å²) in [6.45, 7) is 3.15. The predicted molar refractivity (Wildman–Crippen MR) is 88.4 cm³/mol. The molecular weight excluding hydrogens is 311 g/mol. The third-order valence-corrected chi connectivity index (χ3v) is 3.77. The molecule has 3 rings (SSSR count). The Morgan fingerprint density at radius 1 is 1.29 bits per heavy atom. The Balaban J connectivity index is 2.00. The van der Waals surface area contributed by atoms with Gasteiger partial charge in [0.05, 0.1) is 12.2 Å². The number of nitrogens with one attached hydrogen (secondary N) is 1. The van der Waals surface area contributed by atoms with Crippen molar-refractivity contribution in [2.24, 2.45) is 0 Å². The number of anilines is 2. The number of carbonyl (C=O) groups is 2. The number of rotatable bonds is 3. The molecule has 2 aromatic rings. The van der Waals surface area contributed by atoms with E-state index in [1.807, 2.05) is 0 Å². The summed E-state index contributed by atoms with van der Waals surface area (Å²) >= 11 is 0. The van der Waals surface area contributed by atoms with Crippen LogP contribution in [0, 0.1) is 5.82 Å². The van der Waals surface area contributed by atoms with Gasteiger partial charge >= 0.3 is 0 Å². The highest BCUT2D eigenvalue weighted by Gasteiger charge is 2.32. The summed E-state index contributed by atoms with van der Waals surface area (Å²) < 4.78 is 19.6. The van der Waals surface area contributed by atoms with Crippen molar-refractivity contribution in [1.29, 1.82) is 0 Å². The molecule has 1 aliphatic rings. The van der Waals surface area contributed by atoms with E-state index in [1.165, 1.54) is 17.9 Å². The van der Waals surface area contributed by atoms with Gasteiger partial charge in [0.15, 0.2) is 6.10 Å². The van der Waals surface area contributed by atoms with Gasteiger partial charge in [-0.15, -0.1) is 0 Å². The molecule has 2 aromatic carbocycles. The molecule has 1 unspecified atom stereocenters. The van der Waals surface area contributed by atoms with E-state index in [0.717, 1.165) is 0 Å². The molecule has 1 aliphatic heterocycles. The van der Waals surface area contributed by atoms with Crippen molar-refractivity contribution in [3.63, 3.8) is 0 Å². The van der Waals surface area contributed by atoms with E-state index in [9.17, 15) is 14.0 Å². The molecule has 0 aliphatic carbocycles. The number of fused-ring (bicyclic) bond motifs is 1. The number of carbonyl (C=O) groups excluding carboxylic acids is 2. The van der Waals surface area contributed by atoms with E-state index in [0.29, 0.717) is 22.7 Å². The number of ether oxygens (including phenoxy) is 1. The van der Waals surface area contributed by atoms with Crippen LogP contribution >= 0.6 is 0 Å². The lowest BCUT2D eigenvalue weighted by Gasteiger charge is -2.33. The van der Waals surface area contributed by atoms with Gasteiger partial charge in [0.25, 0.3) is 5.91 Å². The summed E-state index contributed by atoms with van der Waals surface area (Å²) in [5.74, 6) is -0.325. The molecule has 5 nitrogen and oxygen atoms in total. The van der Waals surface area contributed by atoms with Gasteiger partial charge < -0.3 is 15.0 Å². The molecule has 0 spiro atoms. The van der Waals surface area contributed by atoms with Crippen LogP contribution in [-0.4, -0.2) is 17.9 Å². The van der Waals surface area contributed by atoms with Crippen LogP contribution < -0.4 is 15.0 Å². The topological polar surface area (TPSA) is 58.6 Å². The molecule has 124 valence electrons. The average molecular weight is 328 g/mol. The second kappa shape index (κ2) is 6.31. The van der Waals surface area contributed by atoms with Gasteiger partial charge in [-0.1, -0.05) is 18.2 Å². The van der Waals surface area contributed by atoms with Crippen molar-refractivity contribution in [3.8, 4) is 5.75 Å². The largest absolute Gasteiger partial charge is 0.479 e. The highest BCUT2D eigenvalue weighted by molar-refractivity contribution is 6.01. The molecule has 2 amide bonds. The molecule has 1 N–H and O–H groups in total. The Morgan fingerprint density at radius 2 is 2.04 bits per heavy atom. The lowest BCUT2D eigenvalue weighted by Crippen LogP contribution is -2.44. The zero-order chi connectivity index (χ0) is 17.3. The molecule has 0 bridgehead atoms. The Bertz CT molecular complexity index is 807. The fraction of sp³-hybridized carbons (Fsp3) is 0.222. The van der Waals surface area contributed by atoms with Crippen LogP contribution in [0.4, 0.5) is 15.8 Å². The van der Waals surface area contributed by atoms with Gasteiger partial charge in [-0.2, -0.15) is 0 Å². The first-order chi connectivity index (χ1) is 11.5. The fourth-order valence-electron chi connectivity index (χ4n) is 2.65. The first-order valence-corrected chi connectivity index (χ1v) is 7.59. The summed E-state index contributed by atoms with van der Waals surface area (Å²) in [6.07, 6.45) is -0.657. The van der Waals surface area contributed by atoms with Crippen LogP contribution in [-0.2, 0) is 16.1 Å². The van der Waals surface area contributed by atoms with Crippen LogP contribution in [0.1, 0.15) is 19.4 Å². The predicted octanol–water partition coefficient (Wildman–Crippen LogP) is 3.10. The van der Waals surface area contributed by atoms with Crippen LogP contribution in [0.15, 0.2) is 42.5 Å². The van der Waals surface area contributed by atoms with Gasteiger partial charge in [-0.25, -0.2) is 4.39 Å². The molecular formula is C18H17FN2O3. The zero-order valence-corrected chi connectivity index (χ0v) is 13.4. The number of benzene rings is 2. The van der Waals surface area contributed by atoms with Crippen molar-refractivity contribution in [3.05, 3.63) is 53.8 Å². The number of amides is 2. The third-order valence-electron chi connectivity index (χ3n) is 3.77. The van der Waals surface area contributed by atoms with Crippen LogP contribution in [0.3, 0.4) is 0 Å². The quantitative estimate of drug-likeness (QED) is 0.942. The summed E-state index contributed by atoms with van der Waals surface area (Å²) in [6, 6.07) is 11.4. The molecule has 0 aromatic heterocycles. The van der Waals surface area contributed by atoms with Gasteiger partial charge in [0.1, 0.15) is 11.6 Å². The Labute approximate surface area is 139 Å². The van der Waals surface area contributed by atoms with E-state index in [2.05, 4.69) is 5.32 Å². The van der Waals surface area contributed by atoms with Gasteiger partial charge in [-0.05, 0) is 31.2 Å². The second-order valence-electron chi connectivity index (χ2n) is 5.64. The van der Waals surface area contributed by atoms with Crippen LogP contribution in [0.25, 0.3) is 0 Å². The first kappa shape index (κ1) is 16.0. The maximum absolute atomic E-state index is 14.0. The Kier molecular flexibility index (Phi) is 4.20. The van der Waals surface area contributed by atoms with E-state index in [4.69, 9.17) is 4.74 Å². The smallest absolute Gasteiger partial charge is 0.268 e. The minimum absolute atomic E-state index is 0.0930. The maximum atomic E-state index is 14.0. The summed E-state index contributed by atoms with van der Waals surface area (Å²) in [7, 11) is 0. The van der Waals surface area contributed by atoms with E-state index in [1.54, 1.807) is 43.3 Å². The van der Waals surface area contributed by atoms with Crippen molar-refractivity contribution in [1.82, 2.24) is 0 Å². The highest BCUT2D eigenvalue weighted by Crippen LogP contribution is 2.37. The maximum Gasteiger partial charge on any atom is 0.268 e. The number of halogens is 1. The van der Waals surface area contributed by atoms with Crippen molar-refractivity contribution in [2.45, 2.75) is 26.5 Å². The van der Waals surface area contributed by atoms with Crippen LogP contribution in [0.5, 0.6) is 5.75 Å². The molecule has 1 heterocycles. The Morgan fingerprint density at radius 3 is 2.75 bits per heavy atom. The first-order valence-electron chi connectivity index (χ1n) is 7.59. The van der Waals surface area contributed by atoms with E-state index in [-0.39, 0.29) is 24.2 Å². The lowest BCUT2D eigenvalue weighted by molar-refractivity contribution is -0.125. The van der Waals surface area contributed by atoms with Gasteiger partial charge in [-0.3, -0.25) is 9.59 Å². The SMILES string of the molecule is CC(=O)Nc1ccc2c(c1)N(Cc1ccccc1F)C(=O)C(C)O2. The summed E-state index contributed by atoms with van der Waals surface area (Å²) in [4.78, 5) is 25.3. The van der Waals surface area contributed by atoms with Crippen molar-refractivity contribution >= 4 is 23.2 Å². The number of nitrogens with zero attached hydrogens (tertiary/aromatic N) is 1. The minimum Gasteiger partial charge on any atom is -0.479 e. The average Bonchev–Trinajstić information content (AvgIpc) is 2.53. The second-order valence-corrected chi connectivity index (χ2v) is 5.64. The third kappa shape index (κ3) is 3.08. The van der Waals surface area contributed by atoms with E-state index >= 15 is 0 Å². The monoisotopic (exact) mass is 328 g/mol. The van der Waals surface area contributed by atoms with E-state index < -0.39 is 6.10 Å². The van der Waals surface area contributed by atoms with Gasteiger partial charge in [0.2, 0.25) is 5.91 Å². The Hall–Kier alpha value is -2.89. The molecule has 0 saturated heterocycles. The number of hydrogen-bond acceptors (Lipinski definition) is 3. The molecule has 0 saturated carbocycles. The van der Waals surface area contributed by atoms with Crippen LogP contribution in [0.2, 0.25) is 0 Å². The molecule has 6 heteroatoms. The summed E-state index contributed by atoms with van der Waals surface area (Å²) in [5, 5.41) is 2.67. The highest BCUT2D eigenvalue weighted by atomic mass is 19.1. The van der Waals surface area contributed by atoms with Crippen molar-refractivity contribution < 1.29 is 18.7 Å². The zero-order valence-electron chi connectivity index (χ0n) is 13.4. The van der Waals surface area contributed by atoms with Crippen molar-refractivity contribution in [2.75, 3.05) is 10.2 Å². The normalized spacial score (nSPS) is 16.4. The fourth-order valence-corrected chi connectivity index (χ4v) is 2.65. The molecule has 24 heavy (non-hydrogen) atoms. The molecule has 1 atom stereocenters. The lowest BCUT2D eigenvalue weighted by atomic mass is 10.1. The summed E-state index contributed by atoms with van der Waals surface area (Å²) in [5.41, 5.74) is 1.47.